The highest BCUT2D eigenvalue weighted by Crippen LogP contribution is 2.35. The summed E-state index contributed by atoms with van der Waals surface area (Å²) in [5.41, 5.74) is 2.61. The number of piperazine rings is 1. The summed E-state index contributed by atoms with van der Waals surface area (Å²) in [6, 6.07) is 4.43. The van der Waals surface area contributed by atoms with E-state index in [0.717, 1.165) is 55.5 Å². The van der Waals surface area contributed by atoms with Crippen LogP contribution in [-0.4, -0.2) is 37.7 Å². The number of hydrogen-bond donors (Lipinski definition) is 1. The van der Waals surface area contributed by atoms with Gasteiger partial charge < -0.3 is 10.1 Å². The van der Waals surface area contributed by atoms with Crippen molar-refractivity contribution in [1.82, 2.24) is 10.2 Å². The maximum absolute atomic E-state index is 6.10. The van der Waals surface area contributed by atoms with E-state index in [1.807, 2.05) is 0 Å². The lowest BCUT2D eigenvalue weighted by Crippen LogP contribution is -2.42. The van der Waals surface area contributed by atoms with Crippen LogP contribution in [0.2, 0.25) is 0 Å². The lowest BCUT2D eigenvalue weighted by atomic mass is 10.1. The molecule has 4 heteroatoms. The Labute approximate surface area is 129 Å². The molecule has 0 bridgehead atoms. The minimum absolute atomic E-state index is 0.787. The molecule has 1 heterocycles. The minimum atomic E-state index is 0.787. The molecule has 0 radical (unpaired) electrons. The number of ether oxygens (including phenoxy) is 1. The summed E-state index contributed by atoms with van der Waals surface area (Å²) in [5, 5.41) is 3.40. The Morgan fingerprint density at radius 2 is 2.05 bits per heavy atom. The highest BCUT2D eigenvalue weighted by molar-refractivity contribution is 9.10. The van der Waals surface area contributed by atoms with Crippen LogP contribution in [-0.2, 0) is 6.54 Å². The van der Waals surface area contributed by atoms with Gasteiger partial charge >= 0.3 is 0 Å². The number of nitrogens with zero attached hydrogens (tertiary/aromatic N) is 1. The third-order valence-electron chi connectivity index (χ3n) is 4.03. The second-order valence-electron chi connectivity index (χ2n) is 6.02. The summed E-state index contributed by atoms with van der Waals surface area (Å²) in [7, 11) is 0. The molecule has 0 amide bonds. The summed E-state index contributed by atoms with van der Waals surface area (Å²) in [4.78, 5) is 2.50. The summed E-state index contributed by atoms with van der Waals surface area (Å²) >= 11 is 3.68. The SMILES string of the molecule is Cc1cc(Br)c(OCC2CC2)c(CN2CCNCC2)c1. The molecule has 1 aliphatic heterocycles. The lowest BCUT2D eigenvalue weighted by Gasteiger charge is -2.28. The summed E-state index contributed by atoms with van der Waals surface area (Å²) in [5.74, 6) is 1.84. The van der Waals surface area contributed by atoms with Crippen LogP contribution in [0.3, 0.4) is 0 Å². The van der Waals surface area contributed by atoms with Crippen molar-refractivity contribution in [2.75, 3.05) is 32.8 Å². The zero-order valence-corrected chi connectivity index (χ0v) is 13.7. The number of hydrogen-bond acceptors (Lipinski definition) is 3. The average molecular weight is 339 g/mol. The van der Waals surface area contributed by atoms with E-state index in [2.05, 4.69) is 45.2 Å². The van der Waals surface area contributed by atoms with Gasteiger partial charge in [0.15, 0.2) is 0 Å². The van der Waals surface area contributed by atoms with Gasteiger partial charge in [-0.05, 0) is 53.2 Å². The van der Waals surface area contributed by atoms with Crippen LogP contribution >= 0.6 is 15.9 Å². The number of benzene rings is 1. The van der Waals surface area contributed by atoms with Crippen molar-refractivity contribution in [3.63, 3.8) is 0 Å². The first-order valence-corrected chi connectivity index (χ1v) is 8.36. The summed E-state index contributed by atoms with van der Waals surface area (Å²) < 4.78 is 7.20. The number of aryl methyl sites for hydroxylation is 1. The van der Waals surface area contributed by atoms with E-state index in [9.17, 15) is 0 Å². The number of halogens is 1. The molecule has 1 aromatic rings. The van der Waals surface area contributed by atoms with Gasteiger partial charge in [0.25, 0.3) is 0 Å². The van der Waals surface area contributed by atoms with E-state index >= 15 is 0 Å². The Hall–Kier alpha value is -0.580. The third-order valence-corrected chi connectivity index (χ3v) is 4.62. The molecule has 3 rings (SSSR count). The van der Waals surface area contributed by atoms with Crippen LogP contribution in [0, 0.1) is 12.8 Å². The maximum atomic E-state index is 6.10. The zero-order chi connectivity index (χ0) is 13.9. The normalized spacial score (nSPS) is 20.1. The maximum Gasteiger partial charge on any atom is 0.137 e. The molecule has 1 saturated heterocycles. The van der Waals surface area contributed by atoms with E-state index in [1.165, 1.54) is 24.0 Å². The van der Waals surface area contributed by atoms with Gasteiger partial charge in [-0.2, -0.15) is 0 Å². The molecule has 1 saturated carbocycles. The predicted molar refractivity (Wildman–Crippen MR) is 85.2 cm³/mol. The van der Waals surface area contributed by atoms with Gasteiger partial charge in [-0.25, -0.2) is 0 Å². The molecule has 1 N–H and O–H groups in total. The van der Waals surface area contributed by atoms with E-state index in [-0.39, 0.29) is 0 Å². The quantitative estimate of drug-likeness (QED) is 0.893. The van der Waals surface area contributed by atoms with Gasteiger partial charge in [0.2, 0.25) is 0 Å². The Balaban J connectivity index is 1.74. The fourth-order valence-electron chi connectivity index (χ4n) is 2.68. The molecule has 20 heavy (non-hydrogen) atoms. The van der Waals surface area contributed by atoms with Gasteiger partial charge in [-0.3, -0.25) is 4.90 Å². The lowest BCUT2D eigenvalue weighted by molar-refractivity contribution is 0.226. The smallest absolute Gasteiger partial charge is 0.137 e. The van der Waals surface area contributed by atoms with E-state index in [1.54, 1.807) is 0 Å². The first kappa shape index (κ1) is 14.4. The largest absolute Gasteiger partial charge is 0.492 e. The fourth-order valence-corrected chi connectivity index (χ4v) is 3.41. The molecule has 110 valence electrons. The van der Waals surface area contributed by atoms with Gasteiger partial charge in [-0.1, -0.05) is 6.07 Å². The van der Waals surface area contributed by atoms with Gasteiger partial charge in [0.05, 0.1) is 11.1 Å². The Kier molecular flexibility index (Phi) is 4.64. The molecule has 3 nitrogen and oxygen atoms in total. The first-order valence-electron chi connectivity index (χ1n) is 7.57. The van der Waals surface area contributed by atoms with Crippen molar-refractivity contribution in [2.24, 2.45) is 5.92 Å². The molecular formula is C16H23BrN2O. The number of nitrogens with one attached hydrogen (secondary N) is 1. The highest BCUT2D eigenvalue weighted by Gasteiger charge is 2.23. The van der Waals surface area contributed by atoms with Crippen LogP contribution in [0.5, 0.6) is 5.75 Å². The van der Waals surface area contributed by atoms with E-state index in [4.69, 9.17) is 4.74 Å². The van der Waals surface area contributed by atoms with Crippen LogP contribution in [0.15, 0.2) is 16.6 Å². The standard InChI is InChI=1S/C16H23BrN2O/c1-12-8-14(10-19-6-4-18-5-7-19)16(15(17)9-12)20-11-13-2-3-13/h8-9,13,18H,2-7,10-11H2,1H3. The summed E-state index contributed by atoms with van der Waals surface area (Å²) in [6.07, 6.45) is 2.66. The topological polar surface area (TPSA) is 24.5 Å². The van der Waals surface area contributed by atoms with Gasteiger partial charge in [-0.15, -0.1) is 0 Å². The van der Waals surface area contributed by atoms with Crippen LogP contribution in [0.4, 0.5) is 0 Å². The van der Waals surface area contributed by atoms with E-state index in [0.29, 0.717) is 0 Å². The third kappa shape index (κ3) is 3.74. The van der Waals surface area contributed by atoms with Crippen molar-refractivity contribution in [3.05, 3.63) is 27.7 Å². The molecule has 1 aromatic carbocycles. The molecule has 2 fully saturated rings. The van der Waals surface area contributed by atoms with E-state index < -0.39 is 0 Å². The van der Waals surface area contributed by atoms with Gasteiger partial charge in [0.1, 0.15) is 5.75 Å². The summed E-state index contributed by atoms with van der Waals surface area (Å²) in [6.45, 7) is 8.42. The Morgan fingerprint density at radius 3 is 2.75 bits per heavy atom. The van der Waals surface area contributed by atoms with Crippen molar-refractivity contribution < 1.29 is 4.74 Å². The van der Waals surface area contributed by atoms with Crippen LogP contribution < -0.4 is 10.1 Å². The predicted octanol–water partition coefficient (Wildman–Crippen LogP) is 2.95. The number of rotatable bonds is 5. The second kappa shape index (κ2) is 6.46. The zero-order valence-electron chi connectivity index (χ0n) is 12.1. The Morgan fingerprint density at radius 1 is 1.30 bits per heavy atom. The van der Waals surface area contributed by atoms with Crippen LogP contribution in [0.25, 0.3) is 0 Å². The second-order valence-corrected chi connectivity index (χ2v) is 6.87. The molecule has 2 aliphatic rings. The monoisotopic (exact) mass is 338 g/mol. The Bertz CT molecular complexity index is 468. The molecule has 0 spiro atoms. The highest BCUT2D eigenvalue weighted by atomic mass is 79.9. The van der Waals surface area contributed by atoms with Gasteiger partial charge in [0, 0.05) is 38.3 Å². The first-order chi connectivity index (χ1) is 9.72. The molecular weight excluding hydrogens is 316 g/mol. The van der Waals surface area contributed by atoms with Crippen molar-refractivity contribution >= 4 is 15.9 Å². The molecule has 0 atom stereocenters. The van der Waals surface area contributed by atoms with Crippen molar-refractivity contribution in [3.8, 4) is 5.75 Å². The van der Waals surface area contributed by atoms with Crippen molar-refractivity contribution in [1.29, 1.82) is 0 Å². The fraction of sp³-hybridized carbons (Fsp3) is 0.625. The average Bonchev–Trinajstić information content (AvgIpc) is 3.23. The molecule has 1 aliphatic carbocycles. The van der Waals surface area contributed by atoms with Crippen molar-refractivity contribution in [2.45, 2.75) is 26.3 Å². The minimum Gasteiger partial charge on any atom is -0.492 e. The molecule has 0 unspecified atom stereocenters. The molecule has 0 aromatic heterocycles. The van der Waals surface area contributed by atoms with Crippen LogP contribution in [0.1, 0.15) is 24.0 Å².